The van der Waals surface area contributed by atoms with Gasteiger partial charge in [0.15, 0.2) is 0 Å². The molecule has 3 nitrogen and oxygen atoms in total. The van der Waals surface area contributed by atoms with Crippen molar-refractivity contribution in [1.29, 1.82) is 0 Å². The molecular weight excluding hydrogens is 200 g/mol. The number of hydrogen-bond donors (Lipinski definition) is 0. The summed E-state index contributed by atoms with van der Waals surface area (Å²) in [5.41, 5.74) is -0.694. The Morgan fingerprint density at radius 1 is 1.50 bits per heavy atom. The first kappa shape index (κ1) is 12.4. The zero-order chi connectivity index (χ0) is 9.40. The minimum atomic E-state index is -2.48. The van der Waals surface area contributed by atoms with Gasteiger partial charge in [-0.25, -0.2) is 4.21 Å². The quantitative estimate of drug-likeness (QED) is 0.371. The van der Waals surface area contributed by atoms with Crippen LogP contribution in [0.25, 0.3) is 0 Å². The fraction of sp³-hybridized carbons (Fsp3) is 1.00. The van der Waals surface area contributed by atoms with Crippen LogP contribution in [0.4, 0.5) is 0 Å². The average Bonchev–Trinajstić information content (AvgIpc) is 1.97. The van der Waals surface area contributed by atoms with Crippen LogP contribution in [0.15, 0.2) is 0 Å². The number of hydrogen-bond acceptors (Lipinski definition) is 3. The highest BCUT2D eigenvalue weighted by atomic mass is 35.5. The molecule has 0 spiro atoms. The van der Waals surface area contributed by atoms with Gasteiger partial charge in [-0.15, -0.1) is 0 Å². The van der Waals surface area contributed by atoms with Crippen LogP contribution in [-0.4, -0.2) is 14.3 Å². The Hall–Kier alpha value is 0.360. The first-order valence-electron chi connectivity index (χ1n) is 4.07. The molecule has 0 aromatic rings. The summed E-state index contributed by atoms with van der Waals surface area (Å²) >= 11 is 3.05. The van der Waals surface area contributed by atoms with Crippen molar-refractivity contribution in [2.75, 3.05) is 0 Å². The lowest BCUT2D eigenvalue weighted by atomic mass is 10.2. The molecule has 5 heteroatoms. The lowest BCUT2D eigenvalue weighted by molar-refractivity contribution is 0.257. The average molecular weight is 214 g/mol. The Balaban J connectivity index is 3.19. The van der Waals surface area contributed by atoms with Gasteiger partial charge >= 0.3 is 0 Å². The smallest absolute Gasteiger partial charge is 0.147 e. The van der Waals surface area contributed by atoms with Crippen molar-refractivity contribution in [3.05, 3.63) is 0 Å². The molecule has 0 aromatic carbocycles. The third-order valence-corrected chi connectivity index (χ3v) is 2.27. The molecule has 0 aliphatic heterocycles. The highest BCUT2D eigenvalue weighted by Gasteiger charge is 2.03. The van der Waals surface area contributed by atoms with E-state index in [-0.39, 0.29) is 0 Å². The van der Waals surface area contributed by atoms with Crippen LogP contribution in [0.1, 0.15) is 39.0 Å². The van der Waals surface area contributed by atoms with Gasteiger partial charge in [0, 0.05) is 0 Å². The molecule has 0 fully saturated rings. The summed E-state index contributed by atoms with van der Waals surface area (Å²) < 4.78 is 24.3. The topological polar surface area (TPSA) is 49.4 Å². The van der Waals surface area contributed by atoms with Crippen molar-refractivity contribution in [3.8, 4) is 0 Å². The number of alkyl halides is 1. The molecule has 0 N–H and O–H groups in total. The van der Waals surface area contributed by atoms with Crippen molar-refractivity contribution in [2.24, 2.45) is 0 Å². The maximum Gasteiger partial charge on any atom is 0.147 e. The molecule has 0 aliphatic carbocycles. The van der Waals surface area contributed by atoms with E-state index in [0.29, 0.717) is 6.42 Å². The third kappa shape index (κ3) is 8.46. The van der Waals surface area contributed by atoms with Crippen LogP contribution in [0, 0.1) is 0 Å². The minimum absolute atomic E-state index is 0.593. The lowest BCUT2D eigenvalue weighted by Gasteiger charge is -2.11. The predicted octanol–water partition coefficient (Wildman–Crippen LogP) is 2.33. The van der Waals surface area contributed by atoms with Crippen molar-refractivity contribution < 1.29 is 12.9 Å². The summed E-state index contributed by atoms with van der Waals surface area (Å²) in [6, 6.07) is 0. The number of rotatable bonds is 7. The maximum absolute atomic E-state index is 9.99. The largest absolute Gasteiger partial charge is 0.750 e. The summed E-state index contributed by atoms with van der Waals surface area (Å²) in [5.74, 6) is 0. The van der Waals surface area contributed by atoms with Crippen molar-refractivity contribution >= 4 is 23.0 Å². The lowest BCUT2D eigenvalue weighted by Crippen LogP contribution is -2.06. The third-order valence-electron chi connectivity index (χ3n) is 1.47. The van der Waals surface area contributed by atoms with E-state index in [1.54, 1.807) is 0 Å². The summed E-state index contributed by atoms with van der Waals surface area (Å²) in [4.78, 5) is 0. The van der Waals surface area contributed by atoms with Gasteiger partial charge in [0.25, 0.3) is 0 Å². The van der Waals surface area contributed by atoms with E-state index in [1.807, 2.05) is 0 Å². The maximum atomic E-state index is 9.99. The van der Waals surface area contributed by atoms with Gasteiger partial charge in [0.05, 0.1) is 11.4 Å². The van der Waals surface area contributed by atoms with E-state index in [4.69, 9.17) is 11.6 Å². The van der Waals surface area contributed by atoms with E-state index in [2.05, 4.69) is 11.1 Å². The number of unbranched alkanes of at least 4 members (excludes halogenated alkanes) is 3. The van der Waals surface area contributed by atoms with Crippen LogP contribution in [0.3, 0.4) is 0 Å². The van der Waals surface area contributed by atoms with Gasteiger partial charge in [-0.05, 0) is 12.8 Å². The summed E-state index contributed by atoms with van der Waals surface area (Å²) in [6.45, 7) is 2.11. The van der Waals surface area contributed by atoms with Crippen molar-refractivity contribution in [3.63, 3.8) is 0 Å². The van der Waals surface area contributed by atoms with Gasteiger partial charge in [0.1, 0.15) is 5.56 Å². The first-order chi connectivity index (χ1) is 5.66. The molecule has 0 rings (SSSR count). The highest BCUT2D eigenvalue weighted by molar-refractivity contribution is 7.74. The summed E-state index contributed by atoms with van der Waals surface area (Å²) in [6.07, 6.45) is 4.90. The first-order valence-corrected chi connectivity index (χ1v) is 5.51. The van der Waals surface area contributed by atoms with Crippen molar-refractivity contribution in [2.45, 2.75) is 44.6 Å². The van der Waals surface area contributed by atoms with Crippen molar-refractivity contribution in [1.82, 2.24) is 0 Å². The Morgan fingerprint density at radius 3 is 2.67 bits per heavy atom. The molecular formula is C7H14ClO3S-. The SMILES string of the molecule is CCCCCCC(Cl)OS(=O)[O-]. The molecule has 0 bridgehead atoms. The Bertz CT molecular complexity index is 132. The summed E-state index contributed by atoms with van der Waals surface area (Å²) in [5, 5.41) is 0. The second-order valence-corrected chi connectivity index (χ2v) is 3.65. The molecule has 0 amide bonds. The molecule has 74 valence electrons. The monoisotopic (exact) mass is 213 g/mol. The Kier molecular flexibility index (Phi) is 8.22. The number of halogens is 1. The normalized spacial score (nSPS) is 15.9. The van der Waals surface area contributed by atoms with Crippen LogP contribution in [-0.2, 0) is 15.5 Å². The fourth-order valence-electron chi connectivity index (χ4n) is 0.865. The molecule has 12 heavy (non-hydrogen) atoms. The van der Waals surface area contributed by atoms with E-state index in [0.717, 1.165) is 25.7 Å². The van der Waals surface area contributed by atoms with Gasteiger partial charge in [0.2, 0.25) is 0 Å². The van der Waals surface area contributed by atoms with E-state index in [9.17, 15) is 8.76 Å². The van der Waals surface area contributed by atoms with E-state index in [1.165, 1.54) is 0 Å². The van der Waals surface area contributed by atoms with Gasteiger partial charge < -0.3 is 4.55 Å². The van der Waals surface area contributed by atoms with Gasteiger partial charge in [-0.1, -0.05) is 37.8 Å². The molecule has 2 unspecified atom stereocenters. The predicted molar refractivity (Wildman–Crippen MR) is 48.4 cm³/mol. The molecule has 0 heterocycles. The molecule has 0 saturated carbocycles. The second-order valence-electron chi connectivity index (χ2n) is 2.56. The standard InChI is InChI=1S/C7H15ClO3S/c1-2-3-4-5-6-7(8)11-12(9)10/h7H,2-6H2,1H3,(H,9,10)/p-1. The molecule has 2 atom stereocenters. The zero-order valence-electron chi connectivity index (χ0n) is 7.12. The molecule has 0 aliphatic rings. The zero-order valence-corrected chi connectivity index (χ0v) is 8.70. The minimum Gasteiger partial charge on any atom is -0.750 e. The van der Waals surface area contributed by atoms with Gasteiger partial charge in [-0.2, -0.15) is 0 Å². The highest BCUT2D eigenvalue weighted by Crippen LogP contribution is 2.11. The van der Waals surface area contributed by atoms with Crippen LogP contribution in [0.5, 0.6) is 0 Å². The van der Waals surface area contributed by atoms with Crippen LogP contribution >= 0.6 is 11.6 Å². The molecule has 0 aromatic heterocycles. The van der Waals surface area contributed by atoms with E-state index >= 15 is 0 Å². The Labute approximate surface area is 80.9 Å². The summed E-state index contributed by atoms with van der Waals surface area (Å²) in [7, 11) is 0. The molecule has 0 radical (unpaired) electrons. The van der Waals surface area contributed by atoms with Crippen LogP contribution < -0.4 is 0 Å². The Morgan fingerprint density at radius 2 is 2.17 bits per heavy atom. The van der Waals surface area contributed by atoms with E-state index < -0.39 is 16.9 Å². The molecule has 0 saturated heterocycles. The van der Waals surface area contributed by atoms with Crippen LogP contribution in [0.2, 0.25) is 0 Å². The second kappa shape index (κ2) is 7.98. The van der Waals surface area contributed by atoms with Gasteiger partial charge in [-0.3, -0.25) is 4.18 Å². The fourth-order valence-corrected chi connectivity index (χ4v) is 1.46.